The van der Waals surface area contributed by atoms with Crippen LogP contribution < -0.4 is 5.32 Å². The van der Waals surface area contributed by atoms with Crippen molar-refractivity contribution < 1.29 is 38.9 Å². The fourth-order valence-electron chi connectivity index (χ4n) is 4.92. The molecule has 0 spiro atoms. The summed E-state index contributed by atoms with van der Waals surface area (Å²) in [5.41, 5.74) is -3.17. The fraction of sp³-hybridized carbons (Fsp3) is 0.393. The van der Waals surface area contributed by atoms with Crippen LogP contribution in [-0.2, 0) is 14.3 Å². The van der Waals surface area contributed by atoms with Crippen LogP contribution in [-0.4, -0.2) is 51.6 Å². The number of phenolic OH excluding ortho intramolecular Hbond substituents is 1. The number of benzene rings is 1. The smallest absolute Gasteiger partial charge is 0.320 e. The van der Waals surface area contributed by atoms with Gasteiger partial charge in [0, 0.05) is 29.2 Å². The largest absolute Gasteiger partial charge is 0.507 e. The van der Waals surface area contributed by atoms with E-state index in [1.165, 1.54) is 39.0 Å². The molecule has 0 aromatic heterocycles. The Morgan fingerprint density at radius 3 is 2.49 bits per heavy atom. The monoisotopic (exact) mass is 507 g/mol. The molecule has 3 N–H and O–H groups in total. The minimum Gasteiger partial charge on any atom is -0.507 e. The van der Waals surface area contributed by atoms with Crippen molar-refractivity contribution in [2.45, 2.75) is 59.2 Å². The molecule has 37 heavy (non-hydrogen) atoms. The second kappa shape index (κ2) is 9.55. The van der Waals surface area contributed by atoms with Gasteiger partial charge < -0.3 is 20.3 Å². The van der Waals surface area contributed by atoms with Gasteiger partial charge in [-0.05, 0) is 51.2 Å². The number of ketones is 3. The maximum absolute atomic E-state index is 14.1. The van der Waals surface area contributed by atoms with Gasteiger partial charge in [0.1, 0.15) is 23.4 Å². The number of cyclic esters (lactones) is 1. The standard InChI is InChI=1S/C28H29NO8/c1-5-15-6-8-17(30)14(3)37-27(36)28(4)11-10-19(32)29-23-22(28)26(35)20-16(25(23)34)12-13(2)24(33)21(20)18(31)9-7-15/h6,8,10-12,14-15,17,30,33H,5,7,9H2,1-4H3,(H,29,32). The molecule has 9 heteroatoms. The van der Waals surface area contributed by atoms with E-state index in [0.29, 0.717) is 12.8 Å². The first-order chi connectivity index (χ1) is 17.4. The molecule has 0 fully saturated rings. The van der Waals surface area contributed by atoms with Gasteiger partial charge in [-0.1, -0.05) is 25.2 Å². The normalized spacial score (nSPS) is 28.4. The summed E-state index contributed by atoms with van der Waals surface area (Å²) in [4.78, 5) is 67.1. The van der Waals surface area contributed by atoms with Crippen molar-refractivity contribution in [1.29, 1.82) is 0 Å². The molecule has 4 unspecified atom stereocenters. The maximum atomic E-state index is 14.1. The third-order valence-electron chi connectivity index (χ3n) is 7.33. The second-order valence-electron chi connectivity index (χ2n) is 9.89. The van der Waals surface area contributed by atoms with Crippen molar-refractivity contribution in [3.05, 3.63) is 63.9 Å². The Morgan fingerprint density at radius 1 is 1.11 bits per heavy atom. The van der Waals surface area contributed by atoms with Crippen LogP contribution in [0.5, 0.6) is 5.75 Å². The van der Waals surface area contributed by atoms with E-state index in [0.717, 1.165) is 6.08 Å². The zero-order valence-electron chi connectivity index (χ0n) is 21.1. The maximum Gasteiger partial charge on any atom is 0.320 e. The molecule has 0 saturated heterocycles. The molecule has 4 atom stereocenters. The van der Waals surface area contributed by atoms with Crippen LogP contribution in [0.2, 0.25) is 0 Å². The molecule has 2 aliphatic heterocycles. The molecule has 1 aromatic carbocycles. The van der Waals surface area contributed by atoms with Gasteiger partial charge in [0.15, 0.2) is 11.6 Å². The number of ether oxygens (including phenoxy) is 1. The minimum atomic E-state index is -1.91. The lowest BCUT2D eigenvalue weighted by Crippen LogP contribution is -2.42. The summed E-state index contributed by atoms with van der Waals surface area (Å²) in [6, 6.07) is 1.30. The van der Waals surface area contributed by atoms with Gasteiger partial charge >= 0.3 is 5.97 Å². The number of hydrogen-bond acceptors (Lipinski definition) is 8. The van der Waals surface area contributed by atoms with Crippen molar-refractivity contribution in [2.24, 2.45) is 11.3 Å². The lowest BCUT2D eigenvalue weighted by molar-refractivity contribution is -0.158. The average Bonchev–Trinajstić information content (AvgIpc) is 2.99. The number of aromatic hydroxyl groups is 1. The van der Waals surface area contributed by atoms with Gasteiger partial charge in [-0.15, -0.1) is 0 Å². The molecule has 0 saturated carbocycles. The second-order valence-corrected chi connectivity index (χ2v) is 9.89. The summed E-state index contributed by atoms with van der Waals surface area (Å²) in [5.74, 6) is -4.35. The number of phenols is 1. The Kier molecular flexibility index (Phi) is 6.77. The summed E-state index contributed by atoms with van der Waals surface area (Å²) in [5, 5.41) is 23.9. The number of aliphatic hydroxyl groups is 1. The van der Waals surface area contributed by atoms with E-state index in [2.05, 4.69) is 5.32 Å². The molecule has 3 aliphatic rings. The highest BCUT2D eigenvalue weighted by Crippen LogP contribution is 2.44. The summed E-state index contributed by atoms with van der Waals surface area (Å²) in [6.45, 7) is 6.24. The van der Waals surface area contributed by atoms with E-state index >= 15 is 0 Å². The number of esters is 1. The van der Waals surface area contributed by atoms with Crippen molar-refractivity contribution >= 4 is 29.2 Å². The van der Waals surface area contributed by atoms with E-state index < -0.39 is 52.6 Å². The molecule has 194 valence electrons. The van der Waals surface area contributed by atoms with Crippen molar-refractivity contribution in [2.75, 3.05) is 0 Å². The molecule has 4 rings (SSSR count). The first-order valence-electron chi connectivity index (χ1n) is 12.2. The van der Waals surface area contributed by atoms with Gasteiger partial charge in [0.05, 0.1) is 11.3 Å². The molecule has 1 aliphatic carbocycles. The lowest BCUT2D eigenvalue weighted by Gasteiger charge is -2.32. The quantitative estimate of drug-likeness (QED) is 0.388. The Hall–Kier alpha value is -3.85. The summed E-state index contributed by atoms with van der Waals surface area (Å²) in [6.07, 6.45) is 4.22. The van der Waals surface area contributed by atoms with Crippen LogP contribution in [0.15, 0.2) is 41.6 Å². The Labute approximate surface area is 213 Å². The molecular weight excluding hydrogens is 478 g/mol. The van der Waals surface area contributed by atoms with Crippen LogP contribution in [0.4, 0.5) is 0 Å². The van der Waals surface area contributed by atoms with Gasteiger partial charge in [-0.3, -0.25) is 24.0 Å². The Bertz CT molecular complexity index is 1330. The number of amides is 1. The molecular formula is C28H29NO8. The summed E-state index contributed by atoms with van der Waals surface area (Å²) < 4.78 is 5.53. The summed E-state index contributed by atoms with van der Waals surface area (Å²) in [7, 11) is 0. The van der Waals surface area contributed by atoms with Crippen molar-refractivity contribution in [3.63, 3.8) is 0 Å². The van der Waals surface area contributed by atoms with Crippen molar-refractivity contribution in [3.8, 4) is 5.75 Å². The van der Waals surface area contributed by atoms with Gasteiger partial charge in [0.2, 0.25) is 11.7 Å². The van der Waals surface area contributed by atoms with Gasteiger partial charge in [-0.25, -0.2) is 0 Å². The zero-order chi connectivity index (χ0) is 27.2. The van der Waals surface area contributed by atoms with E-state index in [4.69, 9.17) is 4.74 Å². The highest BCUT2D eigenvalue weighted by molar-refractivity contribution is 6.32. The lowest BCUT2D eigenvalue weighted by atomic mass is 9.71. The summed E-state index contributed by atoms with van der Waals surface area (Å²) >= 11 is 0. The number of allylic oxidation sites excluding steroid dienone is 2. The molecule has 2 bridgehead atoms. The first kappa shape index (κ1) is 26.2. The van der Waals surface area contributed by atoms with Crippen molar-refractivity contribution in [1.82, 2.24) is 5.32 Å². The van der Waals surface area contributed by atoms with E-state index in [-0.39, 0.29) is 45.9 Å². The Morgan fingerprint density at radius 2 is 1.81 bits per heavy atom. The van der Waals surface area contributed by atoms with Crippen LogP contribution in [0.3, 0.4) is 0 Å². The zero-order valence-corrected chi connectivity index (χ0v) is 21.1. The van der Waals surface area contributed by atoms with Gasteiger partial charge in [-0.2, -0.15) is 0 Å². The van der Waals surface area contributed by atoms with E-state index in [9.17, 15) is 34.2 Å². The molecule has 1 aromatic rings. The van der Waals surface area contributed by atoms with Gasteiger partial charge in [0.25, 0.3) is 0 Å². The van der Waals surface area contributed by atoms with E-state index in [1.54, 1.807) is 6.08 Å². The van der Waals surface area contributed by atoms with E-state index in [1.807, 2.05) is 6.92 Å². The van der Waals surface area contributed by atoms with Crippen LogP contribution >= 0.6 is 0 Å². The number of carbonyl (C=O) groups excluding carboxylic acids is 5. The van der Waals surface area contributed by atoms with Crippen LogP contribution in [0.25, 0.3) is 0 Å². The predicted octanol–water partition coefficient (Wildman–Crippen LogP) is 2.88. The molecule has 9 nitrogen and oxygen atoms in total. The number of hydrogen-bond donors (Lipinski definition) is 3. The number of Topliss-reactive ketones (excluding diaryl/α,β-unsaturated/α-hetero) is 3. The fourth-order valence-corrected chi connectivity index (χ4v) is 4.92. The average molecular weight is 508 g/mol. The number of aliphatic hydroxyl groups excluding tert-OH is 1. The number of aryl methyl sites for hydroxylation is 1. The first-order valence-corrected chi connectivity index (χ1v) is 12.2. The van der Waals surface area contributed by atoms with Crippen LogP contribution in [0, 0.1) is 18.3 Å². The topological polar surface area (TPSA) is 147 Å². The Balaban J connectivity index is 2.02. The third kappa shape index (κ3) is 4.33. The predicted molar refractivity (Wildman–Crippen MR) is 132 cm³/mol. The molecule has 2 heterocycles. The number of carbonyl (C=O) groups is 5. The molecule has 1 amide bonds. The SMILES string of the molecule is CCC1C=CC(O)C(C)OC(=O)C2(C)C=CC(=O)NC3=C2C(=O)c2c(cc(C)c(O)c2C(=O)CC1)C3=O. The van der Waals surface area contributed by atoms with Crippen LogP contribution in [0.1, 0.15) is 76.7 Å². The molecule has 0 radical (unpaired) electrons. The minimum absolute atomic E-state index is 0.0331. The number of rotatable bonds is 1. The highest BCUT2D eigenvalue weighted by atomic mass is 16.6. The number of nitrogens with one attached hydrogen (secondary N) is 1. The third-order valence-corrected chi connectivity index (χ3v) is 7.33. The highest BCUT2D eigenvalue weighted by Gasteiger charge is 2.50.